The molecule has 1 aromatic carbocycles. The van der Waals surface area contributed by atoms with E-state index in [1.165, 1.54) is 45.2 Å². The van der Waals surface area contributed by atoms with Crippen molar-refractivity contribution in [1.82, 2.24) is 24.7 Å². The van der Waals surface area contributed by atoms with E-state index in [1.807, 2.05) is 0 Å². The van der Waals surface area contributed by atoms with Crippen LogP contribution < -0.4 is 14.2 Å². The molecule has 0 saturated heterocycles. The van der Waals surface area contributed by atoms with Gasteiger partial charge in [-0.05, 0) is 19.1 Å². The van der Waals surface area contributed by atoms with Crippen LogP contribution in [0, 0.1) is 0 Å². The predicted molar refractivity (Wildman–Crippen MR) is 124 cm³/mol. The molecule has 0 radical (unpaired) electrons. The lowest BCUT2D eigenvalue weighted by Crippen LogP contribution is -2.33. The van der Waals surface area contributed by atoms with Crippen LogP contribution in [0.4, 0.5) is 5.95 Å². The largest absolute Gasteiger partial charge is 0.494 e. The first-order valence-electron chi connectivity index (χ1n) is 11.2. The van der Waals surface area contributed by atoms with Gasteiger partial charge in [0.15, 0.2) is 11.6 Å². The van der Waals surface area contributed by atoms with Crippen molar-refractivity contribution in [2.45, 2.75) is 24.9 Å². The molecule has 3 aromatic rings. The van der Waals surface area contributed by atoms with Gasteiger partial charge >= 0.3 is 0 Å². The highest BCUT2D eigenvalue weighted by Crippen LogP contribution is 2.36. The molecule has 0 spiro atoms. The van der Waals surface area contributed by atoms with Crippen LogP contribution in [0.1, 0.15) is 28.8 Å². The van der Waals surface area contributed by atoms with Crippen LogP contribution in [0.2, 0.25) is 5.02 Å². The van der Waals surface area contributed by atoms with Gasteiger partial charge in [-0.3, -0.25) is 9.29 Å². The minimum Gasteiger partial charge on any atom is -0.494 e. The second-order valence-corrected chi connectivity index (χ2v) is 9.32. The Morgan fingerprint density at radius 3 is 2.35 bits per heavy atom. The van der Waals surface area contributed by atoms with Gasteiger partial charge in [0.25, 0.3) is 0 Å². The molecule has 34 heavy (non-hydrogen) atoms. The first kappa shape index (κ1) is 21.5. The Bertz CT molecular complexity index is 1300. The number of halogens is 1. The molecule has 0 saturated carbocycles. The summed E-state index contributed by atoms with van der Waals surface area (Å²) < 4.78 is 73.7. The van der Waals surface area contributed by atoms with Crippen molar-refractivity contribution < 1.29 is 31.5 Å². The summed E-state index contributed by atoms with van der Waals surface area (Å²) in [6.45, 7) is 0.874. The Morgan fingerprint density at radius 1 is 1.15 bits per heavy atom. The number of anilines is 1. The Hall–Kier alpha value is -3.00. The van der Waals surface area contributed by atoms with Crippen LogP contribution in [0.5, 0.6) is 11.5 Å². The smallest absolute Gasteiger partial charge is 0.243 e. The van der Waals surface area contributed by atoms with E-state index in [1.54, 1.807) is 18.2 Å². The number of benzene rings is 1. The maximum atomic E-state index is 13.4. The summed E-state index contributed by atoms with van der Waals surface area (Å²) in [5.74, 6) is 0.336. The molecule has 2 heterocycles. The lowest BCUT2D eigenvalue weighted by atomic mass is 10.2. The van der Waals surface area contributed by atoms with Crippen LogP contribution in [-0.2, 0) is 26.1 Å². The van der Waals surface area contributed by atoms with Crippen molar-refractivity contribution in [3.63, 3.8) is 0 Å². The normalized spacial score (nSPS) is 15.0. The number of rotatable bonds is 11. The topological polar surface area (TPSA) is 140 Å². The maximum Gasteiger partial charge on any atom is 0.243 e. The van der Waals surface area contributed by atoms with Crippen molar-refractivity contribution in [1.29, 1.82) is 0 Å². The Labute approximate surface area is 206 Å². The predicted octanol–water partition coefficient (Wildman–Crippen LogP) is 2.39. The van der Waals surface area contributed by atoms with Gasteiger partial charge in [-0.1, -0.05) is 17.7 Å². The summed E-state index contributed by atoms with van der Waals surface area (Å²) in [6.07, 6.45) is 1.58. The van der Waals surface area contributed by atoms with Crippen LogP contribution in [0.3, 0.4) is 0 Å². The van der Waals surface area contributed by atoms with Gasteiger partial charge in [-0.2, -0.15) is 0 Å². The molecule has 184 valence electrons. The Balaban J connectivity index is 2.08. The van der Waals surface area contributed by atoms with E-state index in [2.05, 4.69) is 24.9 Å². The van der Waals surface area contributed by atoms with E-state index in [4.69, 9.17) is 34.7 Å². The number of nitrogens with zero attached hydrogens (tertiary/aromatic N) is 5. The van der Waals surface area contributed by atoms with Gasteiger partial charge in [0.2, 0.25) is 16.0 Å². The lowest BCUT2D eigenvalue weighted by Gasteiger charge is -2.22. The lowest BCUT2D eigenvalue weighted by molar-refractivity contribution is 0.0950. The van der Waals surface area contributed by atoms with Crippen molar-refractivity contribution in [2.24, 2.45) is 0 Å². The molecule has 0 aliphatic heterocycles. The zero-order valence-electron chi connectivity index (χ0n) is 21.7. The summed E-state index contributed by atoms with van der Waals surface area (Å²) >= 11 is 5.84. The molecule has 0 bridgehead atoms. The molecule has 0 amide bonds. The third kappa shape index (κ3) is 5.22. The number of hydrogen-bond acceptors (Lipinski definition) is 10. The Morgan fingerprint density at radius 2 is 1.79 bits per heavy atom. The molecule has 0 aliphatic carbocycles. The van der Waals surface area contributed by atoms with E-state index in [-0.39, 0.29) is 39.8 Å². The highest BCUT2D eigenvalue weighted by molar-refractivity contribution is 7.93. The van der Waals surface area contributed by atoms with Crippen LogP contribution in [0.25, 0.3) is 5.69 Å². The summed E-state index contributed by atoms with van der Waals surface area (Å²) in [5.41, 5.74) is 0.219. The van der Waals surface area contributed by atoms with Gasteiger partial charge in [0.05, 0.1) is 23.4 Å². The average Bonchev–Trinajstić information content (AvgIpc) is 3.24. The number of aromatic nitrogens is 5. The fraction of sp³-hybridized carbons (Fsp3) is 0.400. The number of nitrogens with one attached hydrogen (secondary N) is 1. The Kier molecular flexibility index (Phi) is 6.93. The molecule has 0 fully saturated rings. The number of sulfonamides is 1. The van der Waals surface area contributed by atoms with E-state index in [0.717, 1.165) is 0 Å². The quantitative estimate of drug-likeness (QED) is 0.404. The van der Waals surface area contributed by atoms with Crippen LogP contribution >= 0.6 is 11.6 Å². The molecule has 14 heteroatoms. The van der Waals surface area contributed by atoms with E-state index in [0.29, 0.717) is 0 Å². The number of ether oxygens (including phenoxy) is 4. The van der Waals surface area contributed by atoms with Gasteiger partial charge in [0.1, 0.15) is 35.1 Å². The minimum atomic E-state index is -4.23. The molecule has 2 aromatic heterocycles. The van der Waals surface area contributed by atoms with Crippen molar-refractivity contribution >= 4 is 27.6 Å². The summed E-state index contributed by atoms with van der Waals surface area (Å²) in [7, 11) is -2.83. The van der Waals surface area contributed by atoms with Gasteiger partial charge in [-0.25, -0.2) is 18.4 Å². The average molecular weight is 516 g/mol. The fourth-order valence-corrected chi connectivity index (χ4v) is 4.42. The standard InChI is InChI=1S/C20H25ClN6O6S/c1-12(18(33-5)19-22-9-13(21)10-23-19)34(28,29)26-20-25-24-16(11-30-2)27(20)17-14(31-3)7-6-8-15(17)32-4/h6-10,12,18H,11H2,1-5H3,(H,25,26)/t12-,18-/m0/s1/i2D3. The van der Waals surface area contributed by atoms with Crippen molar-refractivity contribution in [2.75, 3.05) is 33.1 Å². The molecule has 12 nitrogen and oxygen atoms in total. The third-order valence-corrected chi connectivity index (χ3v) is 6.74. The molecule has 0 unspecified atom stereocenters. The number of hydrogen-bond donors (Lipinski definition) is 1. The van der Waals surface area contributed by atoms with E-state index < -0.39 is 35.0 Å². The van der Waals surface area contributed by atoms with Crippen LogP contribution in [0.15, 0.2) is 30.6 Å². The first-order chi connectivity index (χ1) is 17.4. The van der Waals surface area contributed by atoms with Crippen molar-refractivity contribution in [3.05, 3.63) is 47.3 Å². The highest BCUT2D eigenvalue weighted by Gasteiger charge is 2.35. The fourth-order valence-electron chi connectivity index (χ4n) is 3.19. The van der Waals surface area contributed by atoms with Crippen LogP contribution in [-0.4, -0.2) is 66.8 Å². The maximum absolute atomic E-state index is 13.4. The second kappa shape index (κ2) is 11.0. The third-order valence-electron chi connectivity index (χ3n) is 4.85. The molecule has 1 N–H and O–H groups in total. The summed E-state index contributed by atoms with van der Waals surface area (Å²) in [5, 5.41) is 6.95. The summed E-state index contributed by atoms with van der Waals surface area (Å²) in [4.78, 5) is 8.11. The van der Waals surface area contributed by atoms with E-state index >= 15 is 0 Å². The second-order valence-electron chi connectivity index (χ2n) is 6.84. The number of methoxy groups -OCH3 is 4. The summed E-state index contributed by atoms with van der Waals surface area (Å²) in [6, 6.07) is 4.86. The molecule has 2 atom stereocenters. The zero-order valence-corrected chi connectivity index (χ0v) is 20.3. The monoisotopic (exact) mass is 515 g/mol. The number of para-hydroxylation sites is 1. The molecule has 0 aliphatic rings. The highest BCUT2D eigenvalue weighted by atomic mass is 35.5. The zero-order chi connectivity index (χ0) is 27.4. The van der Waals surface area contributed by atoms with Gasteiger partial charge < -0.3 is 18.9 Å². The molecular weight excluding hydrogens is 488 g/mol. The molecule has 3 rings (SSSR count). The minimum absolute atomic E-state index is 0.0337. The molecular formula is C20H25ClN6O6S. The first-order valence-corrected chi connectivity index (χ1v) is 11.7. The van der Waals surface area contributed by atoms with Gasteiger partial charge in [0, 0.05) is 26.5 Å². The van der Waals surface area contributed by atoms with E-state index in [9.17, 15) is 8.42 Å². The SMILES string of the molecule is [2H]C([2H])([2H])OCc1nnc(NS(=O)(=O)[C@@H](C)[C@H](OC)c2ncc(Cl)cn2)n1-c1c(OC)cccc1OC. The van der Waals surface area contributed by atoms with Gasteiger partial charge in [-0.15, -0.1) is 10.2 Å². The van der Waals surface area contributed by atoms with Crippen molar-refractivity contribution in [3.8, 4) is 17.2 Å².